The van der Waals surface area contributed by atoms with E-state index in [9.17, 15) is 0 Å². The molecule has 0 aliphatic rings. The molecule has 5 nitrogen and oxygen atoms in total. The summed E-state index contributed by atoms with van der Waals surface area (Å²) >= 11 is 3.48. The molecule has 2 N–H and O–H groups in total. The van der Waals surface area contributed by atoms with E-state index in [0.717, 1.165) is 33.0 Å². The number of nitrogens with zero attached hydrogens (tertiary/aromatic N) is 3. The predicted octanol–water partition coefficient (Wildman–Crippen LogP) is 2.63. The monoisotopic (exact) mass is 332 g/mol. The minimum absolute atomic E-state index is 0.369. The summed E-state index contributed by atoms with van der Waals surface area (Å²) in [5.41, 5.74) is 8.96. The molecule has 0 bridgehead atoms. The van der Waals surface area contributed by atoms with Crippen LogP contribution in [0.5, 0.6) is 5.75 Å². The summed E-state index contributed by atoms with van der Waals surface area (Å²) in [6, 6.07) is 11.6. The van der Waals surface area contributed by atoms with Crippen LogP contribution in [0.3, 0.4) is 0 Å². The number of aromatic nitrogens is 3. The average Bonchev–Trinajstić information content (AvgIpc) is 2.83. The van der Waals surface area contributed by atoms with E-state index >= 15 is 0 Å². The summed E-state index contributed by atoms with van der Waals surface area (Å²) in [6.07, 6.45) is 0. The molecule has 20 heavy (non-hydrogen) atoms. The molecule has 2 aromatic heterocycles. The summed E-state index contributed by atoms with van der Waals surface area (Å²) < 4.78 is 7.90. The molecule has 102 valence electrons. The van der Waals surface area contributed by atoms with Crippen molar-refractivity contribution in [2.45, 2.75) is 6.54 Å². The van der Waals surface area contributed by atoms with E-state index in [1.165, 1.54) is 0 Å². The molecule has 0 radical (unpaired) electrons. The van der Waals surface area contributed by atoms with Crippen molar-refractivity contribution in [3.63, 3.8) is 0 Å². The Labute approximate surface area is 124 Å². The molecule has 2 heterocycles. The van der Waals surface area contributed by atoms with Gasteiger partial charge in [0.15, 0.2) is 5.65 Å². The van der Waals surface area contributed by atoms with Gasteiger partial charge >= 0.3 is 0 Å². The first-order valence-corrected chi connectivity index (χ1v) is 6.91. The molecule has 0 unspecified atom stereocenters. The zero-order valence-electron chi connectivity index (χ0n) is 10.9. The number of para-hydroxylation sites is 1. The van der Waals surface area contributed by atoms with Crippen LogP contribution in [0.25, 0.3) is 16.9 Å². The van der Waals surface area contributed by atoms with Gasteiger partial charge in [-0.3, -0.25) is 0 Å². The van der Waals surface area contributed by atoms with E-state index in [-0.39, 0.29) is 0 Å². The van der Waals surface area contributed by atoms with E-state index in [4.69, 9.17) is 10.5 Å². The average molecular weight is 333 g/mol. The molecule has 0 spiro atoms. The van der Waals surface area contributed by atoms with Crippen molar-refractivity contribution < 1.29 is 4.74 Å². The summed E-state index contributed by atoms with van der Waals surface area (Å²) in [7, 11) is 1.65. The number of hydrogen-bond acceptors (Lipinski definition) is 4. The van der Waals surface area contributed by atoms with Gasteiger partial charge < -0.3 is 10.5 Å². The Morgan fingerprint density at radius 1 is 1.25 bits per heavy atom. The Bertz CT molecular complexity index is 769. The Hall–Kier alpha value is -1.92. The van der Waals surface area contributed by atoms with Crippen LogP contribution in [0.4, 0.5) is 0 Å². The van der Waals surface area contributed by atoms with Crippen LogP contribution in [0.2, 0.25) is 0 Å². The normalized spacial score (nSPS) is 10.9. The van der Waals surface area contributed by atoms with Gasteiger partial charge in [0, 0.05) is 12.1 Å². The summed E-state index contributed by atoms with van der Waals surface area (Å²) in [4.78, 5) is 4.41. The Morgan fingerprint density at radius 3 is 2.80 bits per heavy atom. The fourth-order valence-corrected chi connectivity index (χ4v) is 2.59. The van der Waals surface area contributed by atoms with Crippen LogP contribution in [0.15, 0.2) is 41.0 Å². The first-order valence-electron chi connectivity index (χ1n) is 6.12. The lowest BCUT2D eigenvalue weighted by molar-refractivity contribution is 0.416. The van der Waals surface area contributed by atoms with Gasteiger partial charge in [-0.25, -0.2) is 9.50 Å². The lowest BCUT2D eigenvalue weighted by Gasteiger charge is -2.07. The highest BCUT2D eigenvalue weighted by molar-refractivity contribution is 9.10. The maximum atomic E-state index is 5.66. The fraction of sp³-hybridized carbons (Fsp3) is 0.143. The second kappa shape index (κ2) is 5.22. The lowest BCUT2D eigenvalue weighted by atomic mass is 10.1. The summed E-state index contributed by atoms with van der Waals surface area (Å²) in [5.74, 6) is 0.787. The zero-order chi connectivity index (χ0) is 14.1. The standard InChI is InChI=1S/C14H13BrN4O/c1-20-12-5-3-2-4-9(12)10-6-7-13-17-11(8-16)14(15)19(13)18-10/h2-7H,8,16H2,1H3. The smallest absolute Gasteiger partial charge is 0.155 e. The minimum atomic E-state index is 0.369. The summed E-state index contributed by atoms with van der Waals surface area (Å²) in [6.45, 7) is 0.369. The van der Waals surface area contributed by atoms with Crippen molar-refractivity contribution >= 4 is 21.6 Å². The fourth-order valence-electron chi connectivity index (χ4n) is 2.08. The van der Waals surface area contributed by atoms with Crippen LogP contribution < -0.4 is 10.5 Å². The van der Waals surface area contributed by atoms with E-state index in [1.807, 2.05) is 36.4 Å². The SMILES string of the molecule is COc1ccccc1-c1ccc2nc(CN)c(Br)n2n1. The minimum Gasteiger partial charge on any atom is -0.496 e. The molecule has 0 aliphatic carbocycles. The van der Waals surface area contributed by atoms with E-state index < -0.39 is 0 Å². The molecule has 0 atom stereocenters. The predicted molar refractivity (Wildman–Crippen MR) is 80.6 cm³/mol. The van der Waals surface area contributed by atoms with Crippen LogP contribution in [0, 0.1) is 0 Å². The number of hydrogen-bond donors (Lipinski definition) is 1. The highest BCUT2D eigenvalue weighted by Crippen LogP contribution is 2.29. The largest absolute Gasteiger partial charge is 0.496 e. The van der Waals surface area contributed by atoms with Gasteiger partial charge in [-0.2, -0.15) is 5.10 Å². The maximum absolute atomic E-state index is 5.66. The quantitative estimate of drug-likeness (QED) is 0.800. The van der Waals surface area contributed by atoms with Crippen molar-refractivity contribution in [3.05, 3.63) is 46.7 Å². The lowest BCUT2D eigenvalue weighted by Crippen LogP contribution is -1.98. The van der Waals surface area contributed by atoms with Gasteiger partial charge in [0.25, 0.3) is 0 Å². The van der Waals surface area contributed by atoms with Crippen molar-refractivity contribution in [1.82, 2.24) is 14.6 Å². The van der Waals surface area contributed by atoms with Gasteiger partial charge in [-0.05, 0) is 40.2 Å². The number of fused-ring (bicyclic) bond motifs is 1. The number of ether oxygens (including phenoxy) is 1. The molecule has 3 aromatic rings. The van der Waals surface area contributed by atoms with Crippen molar-refractivity contribution in [3.8, 4) is 17.0 Å². The topological polar surface area (TPSA) is 65.4 Å². The Morgan fingerprint density at radius 2 is 2.05 bits per heavy atom. The number of methoxy groups -OCH3 is 1. The molecule has 6 heteroatoms. The van der Waals surface area contributed by atoms with Gasteiger partial charge in [0.2, 0.25) is 0 Å². The molecule has 0 fully saturated rings. The van der Waals surface area contributed by atoms with Gasteiger partial charge in [-0.15, -0.1) is 0 Å². The maximum Gasteiger partial charge on any atom is 0.155 e. The third kappa shape index (κ3) is 2.07. The zero-order valence-corrected chi connectivity index (χ0v) is 12.5. The molecule has 3 rings (SSSR count). The van der Waals surface area contributed by atoms with Crippen LogP contribution >= 0.6 is 15.9 Å². The van der Waals surface area contributed by atoms with Gasteiger partial charge in [0.05, 0.1) is 18.5 Å². The van der Waals surface area contributed by atoms with Gasteiger partial charge in [-0.1, -0.05) is 12.1 Å². The molecular weight excluding hydrogens is 320 g/mol. The first-order chi connectivity index (χ1) is 9.74. The van der Waals surface area contributed by atoms with E-state index in [0.29, 0.717) is 6.54 Å². The Balaban J connectivity index is 2.20. The van der Waals surface area contributed by atoms with Crippen molar-refractivity contribution in [2.24, 2.45) is 5.73 Å². The van der Waals surface area contributed by atoms with E-state index in [2.05, 4.69) is 26.0 Å². The first kappa shape index (κ1) is 13.1. The molecule has 0 aliphatic heterocycles. The number of nitrogens with two attached hydrogens (primary N) is 1. The number of halogens is 1. The molecule has 0 amide bonds. The molecule has 1 aromatic carbocycles. The van der Waals surface area contributed by atoms with Crippen molar-refractivity contribution in [1.29, 1.82) is 0 Å². The molecular formula is C14H13BrN4O. The number of imidazole rings is 1. The number of benzene rings is 1. The second-order valence-corrected chi connectivity index (χ2v) is 4.99. The molecule has 0 saturated heterocycles. The van der Waals surface area contributed by atoms with Crippen molar-refractivity contribution in [2.75, 3.05) is 7.11 Å². The third-order valence-corrected chi connectivity index (χ3v) is 3.86. The van der Waals surface area contributed by atoms with Crippen LogP contribution in [-0.4, -0.2) is 21.7 Å². The third-order valence-electron chi connectivity index (χ3n) is 3.06. The second-order valence-electron chi connectivity index (χ2n) is 4.24. The Kier molecular flexibility index (Phi) is 3.42. The number of rotatable bonds is 3. The van der Waals surface area contributed by atoms with Crippen LogP contribution in [-0.2, 0) is 6.54 Å². The van der Waals surface area contributed by atoms with E-state index in [1.54, 1.807) is 11.6 Å². The summed E-state index contributed by atoms with van der Waals surface area (Å²) in [5, 5.41) is 4.59. The highest BCUT2D eigenvalue weighted by Gasteiger charge is 2.12. The highest BCUT2D eigenvalue weighted by atomic mass is 79.9. The van der Waals surface area contributed by atoms with Gasteiger partial charge in [0.1, 0.15) is 10.4 Å². The van der Waals surface area contributed by atoms with Crippen LogP contribution in [0.1, 0.15) is 5.69 Å². The molecule has 0 saturated carbocycles.